The Morgan fingerprint density at radius 2 is 1.79 bits per heavy atom. The van der Waals surface area contributed by atoms with Gasteiger partial charge in [-0.05, 0) is 36.5 Å². The highest BCUT2D eigenvalue weighted by atomic mass is 16.5. The van der Waals surface area contributed by atoms with Gasteiger partial charge in [0.25, 0.3) is 0 Å². The van der Waals surface area contributed by atoms with E-state index in [2.05, 4.69) is 29.6 Å². The van der Waals surface area contributed by atoms with Crippen LogP contribution in [0.2, 0.25) is 0 Å². The molecule has 1 saturated carbocycles. The van der Waals surface area contributed by atoms with Gasteiger partial charge in [-0.3, -0.25) is 0 Å². The van der Waals surface area contributed by atoms with Crippen LogP contribution in [0.15, 0.2) is 24.3 Å². The maximum Gasteiger partial charge on any atom is 0.123 e. The number of hydrogen-bond donors (Lipinski definition) is 1. The van der Waals surface area contributed by atoms with Crippen molar-refractivity contribution in [3.63, 3.8) is 0 Å². The fourth-order valence-corrected chi connectivity index (χ4v) is 1.77. The third kappa shape index (κ3) is 1.62. The molecule has 3 rings (SSSR count). The van der Waals surface area contributed by atoms with Gasteiger partial charge in [0.1, 0.15) is 11.9 Å². The standard InChI is InChI=1S/C12H15NO/c1-2-9(1)10-3-5-11(6-4-10)14-12-7-13-8-12/h3-6,9,12-13H,1-2,7-8H2. The van der Waals surface area contributed by atoms with Crippen LogP contribution in [0, 0.1) is 0 Å². The zero-order chi connectivity index (χ0) is 9.38. The Balaban J connectivity index is 1.66. The molecular formula is C12H15NO. The minimum absolute atomic E-state index is 0.391. The van der Waals surface area contributed by atoms with Crippen LogP contribution in [0.3, 0.4) is 0 Å². The number of hydrogen-bond acceptors (Lipinski definition) is 2. The maximum atomic E-state index is 5.74. The smallest absolute Gasteiger partial charge is 0.123 e. The van der Waals surface area contributed by atoms with Gasteiger partial charge in [0, 0.05) is 13.1 Å². The first-order valence-corrected chi connectivity index (χ1v) is 5.39. The molecule has 1 N–H and O–H groups in total. The lowest BCUT2D eigenvalue weighted by Crippen LogP contribution is -2.50. The predicted molar refractivity (Wildman–Crippen MR) is 55.7 cm³/mol. The van der Waals surface area contributed by atoms with Gasteiger partial charge >= 0.3 is 0 Å². The lowest BCUT2D eigenvalue weighted by Gasteiger charge is -2.27. The fourth-order valence-electron chi connectivity index (χ4n) is 1.77. The van der Waals surface area contributed by atoms with Crippen molar-refractivity contribution in [2.75, 3.05) is 13.1 Å². The van der Waals surface area contributed by atoms with Gasteiger partial charge in [-0.25, -0.2) is 0 Å². The quantitative estimate of drug-likeness (QED) is 0.784. The minimum atomic E-state index is 0.391. The summed E-state index contributed by atoms with van der Waals surface area (Å²) < 4.78 is 5.74. The molecule has 14 heavy (non-hydrogen) atoms. The second-order valence-corrected chi connectivity index (χ2v) is 4.24. The number of benzene rings is 1. The highest BCUT2D eigenvalue weighted by Gasteiger charge is 2.23. The van der Waals surface area contributed by atoms with Crippen LogP contribution in [0.5, 0.6) is 5.75 Å². The van der Waals surface area contributed by atoms with Gasteiger partial charge in [-0.15, -0.1) is 0 Å². The first-order valence-electron chi connectivity index (χ1n) is 5.39. The molecule has 2 heteroatoms. The summed E-state index contributed by atoms with van der Waals surface area (Å²) >= 11 is 0. The largest absolute Gasteiger partial charge is 0.488 e. The molecular weight excluding hydrogens is 174 g/mol. The van der Waals surface area contributed by atoms with Crippen molar-refractivity contribution in [1.29, 1.82) is 0 Å². The molecule has 2 fully saturated rings. The number of rotatable bonds is 3. The molecule has 1 aliphatic carbocycles. The molecule has 0 radical (unpaired) electrons. The molecule has 0 aromatic heterocycles. The van der Waals surface area contributed by atoms with Gasteiger partial charge < -0.3 is 10.1 Å². The summed E-state index contributed by atoms with van der Waals surface area (Å²) in [5.41, 5.74) is 1.48. The predicted octanol–water partition coefficient (Wildman–Crippen LogP) is 1.91. The van der Waals surface area contributed by atoms with Gasteiger partial charge in [0.05, 0.1) is 0 Å². The van der Waals surface area contributed by atoms with E-state index in [4.69, 9.17) is 4.74 Å². The lowest BCUT2D eigenvalue weighted by molar-refractivity contribution is 0.142. The molecule has 1 saturated heterocycles. The van der Waals surface area contributed by atoms with Crippen LogP contribution in [0.1, 0.15) is 24.3 Å². The van der Waals surface area contributed by atoms with E-state index < -0.39 is 0 Å². The van der Waals surface area contributed by atoms with Crippen LogP contribution in [0.4, 0.5) is 0 Å². The van der Waals surface area contributed by atoms with Crippen molar-refractivity contribution in [2.24, 2.45) is 0 Å². The van der Waals surface area contributed by atoms with Crippen molar-refractivity contribution in [2.45, 2.75) is 24.9 Å². The number of ether oxygens (including phenoxy) is 1. The monoisotopic (exact) mass is 189 g/mol. The molecule has 0 amide bonds. The van der Waals surface area contributed by atoms with E-state index in [1.165, 1.54) is 18.4 Å². The van der Waals surface area contributed by atoms with Crippen LogP contribution in [0.25, 0.3) is 0 Å². The molecule has 1 aromatic rings. The molecule has 0 unspecified atom stereocenters. The summed E-state index contributed by atoms with van der Waals surface area (Å²) in [6.45, 7) is 1.98. The lowest BCUT2D eigenvalue weighted by atomic mass is 10.1. The Hall–Kier alpha value is -1.02. The zero-order valence-electron chi connectivity index (χ0n) is 8.20. The molecule has 0 spiro atoms. The van der Waals surface area contributed by atoms with Crippen molar-refractivity contribution in [3.05, 3.63) is 29.8 Å². The average molecular weight is 189 g/mol. The van der Waals surface area contributed by atoms with Crippen LogP contribution in [-0.2, 0) is 0 Å². The summed E-state index contributed by atoms with van der Waals surface area (Å²) in [6, 6.07) is 8.62. The van der Waals surface area contributed by atoms with E-state index in [0.29, 0.717) is 6.10 Å². The third-order valence-corrected chi connectivity index (χ3v) is 2.98. The number of nitrogens with one attached hydrogen (secondary N) is 1. The second-order valence-electron chi connectivity index (χ2n) is 4.24. The Kier molecular flexibility index (Phi) is 1.95. The Morgan fingerprint density at radius 3 is 2.29 bits per heavy atom. The third-order valence-electron chi connectivity index (χ3n) is 2.98. The van der Waals surface area contributed by atoms with Crippen molar-refractivity contribution >= 4 is 0 Å². The van der Waals surface area contributed by atoms with E-state index >= 15 is 0 Å². The van der Waals surface area contributed by atoms with Crippen LogP contribution >= 0.6 is 0 Å². The summed E-state index contributed by atoms with van der Waals surface area (Å²) in [6.07, 6.45) is 3.13. The molecule has 2 nitrogen and oxygen atoms in total. The van der Waals surface area contributed by atoms with E-state index in [0.717, 1.165) is 24.8 Å². The minimum Gasteiger partial charge on any atom is -0.488 e. The Bertz CT molecular complexity index is 312. The van der Waals surface area contributed by atoms with Crippen LogP contribution in [-0.4, -0.2) is 19.2 Å². The topological polar surface area (TPSA) is 21.3 Å². The van der Waals surface area contributed by atoms with E-state index in [-0.39, 0.29) is 0 Å². The molecule has 1 aliphatic heterocycles. The molecule has 1 aromatic carbocycles. The maximum absolute atomic E-state index is 5.74. The van der Waals surface area contributed by atoms with Gasteiger partial charge in [0.15, 0.2) is 0 Å². The molecule has 0 bridgehead atoms. The Labute approximate surface area is 84.3 Å². The Morgan fingerprint density at radius 1 is 1.07 bits per heavy atom. The molecule has 74 valence electrons. The van der Waals surface area contributed by atoms with Crippen molar-refractivity contribution in [3.8, 4) is 5.75 Å². The summed E-state index contributed by atoms with van der Waals surface area (Å²) in [4.78, 5) is 0. The first kappa shape index (κ1) is 8.30. The van der Waals surface area contributed by atoms with E-state index in [1.807, 2.05) is 0 Å². The SMILES string of the molecule is c1cc(C2CC2)ccc1OC1CNC1. The highest BCUT2D eigenvalue weighted by molar-refractivity contribution is 5.31. The average Bonchev–Trinajstić information content (AvgIpc) is 2.96. The van der Waals surface area contributed by atoms with Gasteiger partial charge in [0.2, 0.25) is 0 Å². The van der Waals surface area contributed by atoms with E-state index in [1.54, 1.807) is 0 Å². The van der Waals surface area contributed by atoms with Crippen molar-refractivity contribution in [1.82, 2.24) is 5.32 Å². The van der Waals surface area contributed by atoms with Gasteiger partial charge in [-0.1, -0.05) is 12.1 Å². The summed E-state index contributed by atoms with van der Waals surface area (Å²) in [5.74, 6) is 1.86. The highest BCUT2D eigenvalue weighted by Crippen LogP contribution is 2.40. The van der Waals surface area contributed by atoms with Crippen LogP contribution < -0.4 is 10.1 Å². The fraction of sp³-hybridized carbons (Fsp3) is 0.500. The second kappa shape index (κ2) is 3.28. The molecule has 0 atom stereocenters. The zero-order valence-corrected chi connectivity index (χ0v) is 8.20. The van der Waals surface area contributed by atoms with E-state index in [9.17, 15) is 0 Å². The van der Waals surface area contributed by atoms with Gasteiger partial charge in [-0.2, -0.15) is 0 Å². The summed E-state index contributed by atoms with van der Waals surface area (Å²) in [7, 11) is 0. The first-order chi connectivity index (χ1) is 6.92. The van der Waals surface area contributed by atoms with Crippen molar-refractivity contribution < 1.29 is 4.74 Å². The molecule has 2 aliphatic rings. The normalized spacial score (nSPS) is 21.7. The molecule has 1 heterocycles. The summed E-state index contributed by atoms with van der Waals surface area (Å²) in [5, 5.41) is 3.20.